The van der Waals surface area contributed by atoms with Gasteiger partial charge in [0.2, 0.25) is 0 Å². The Morgan fingerprint density at radius 1 is 1.36 bits per heavy atom. The molecule has 70 valence electrons. The monoisotopic (exact) mass is 183 g/mol. The maximum Gasteiger partial charge on any atom is 0.0414 e. The third kappa shape index (κ3) is 1.41. The molecule has 0 bridgehead atoms. The van der Waals surface area contributed by atoms with E-state index in [0.717, 1.165) is 12.1 Å². The average molecular weight is 183 g/mol. The number of nitrogens with zero attached hydrogens (tertiary/aromatic N) is 1. The maximum absolute atomic E-state index is 4.38. The SMILES string of the molecule is C=CCc1c(C)ncc2ccccc12. The molecule has 0 radical (unpaired) electrons. The molecule has 0 aliphatic rings. The first-order valence-electron chi connectivity index (χ1n) is 4.77. The van der Waals surface area contributed by atoms with Crippen LogP contribution in [0.1, 0.15) is 11.3 Å². The molecule has 0 aliphatic carbocycles. The van der Waals surface area contributed by atoms with Gasteiger partial charge < -0.3 is 0 Å². The van der Waals surface area contributed by atoms with Crippen LogP contribution in [0.2, 0.25) is 0 Å². The summed E-state index contributed by atoms with van der Waals surface area (Å²) in [4.78, 5) is 4.38. The van der Waals surface area contributed by atoms with Gasteiger partial charge in [-0.1, -0.05) is 30.3 Å². The smallest absolute Gasteiger partial charge is 0.0414 e. The Morgan fingerprint density at radius 2 is 2.14 bits per heavy atom. The summed E-state index contributed by atoms with van der Waals surface area (Å²) in [6.45, 7) is 5.82. The molecule has 1 aromatic heterocycles. The molecule has 0 saturated heterocycles. The lowest BCUT2D eigenvalue weighted by molar-refractivity contribution is 1.13. The lowest BCUT2D eigenvalue weighted by Gasteiger charge is -2.06. The van der Waals surface area contributed by atoms with Crippen LogP contribution in [0.5, 0.6) is 0 Å². The summed E-state index contributed by atoms with van der Waals surface area (Å²) >= 11 is 0. The van der Waals surface area contributed by atoms with Crippen molar-refractivity contribution in [1.29, 1.82) is 0 Å². The van der Waals surface area contributed by atoms with Gasteiger partial charge in [-0.05, 0) is 24.3 Å². The highest BCUT2D eigenvalue weighted by Crippen LogP contribution is 2.20. The van der Waals surface area contributed by atoms with Crippen molar-refractivity contribution < 1.29 is 0 Å². The van der Waals surface area contributed by atoms with E-state index < -0.39 is 0 Å². The van der Waals surface area contributed by atoms with E-state index in [1.165, 1.54) is 16.3 Å². The molecular formula is C13H13N. The maximum atomic E-state index is 4.38. The van der Waals surface area contributed by atoms with Gasteiger partial charge >= 0.3 is 0 Å². The van der Waals surface area contributed by atoms with Crippen LogP contribution in [0.15, 0.2) is 43.1 Å². The zero-order valence-electron chi connectivity index (χ0n) is 8.33. The molecule has 0 fully saturated rings. The standard InChI is InChI=1S/C13H13N/c1-3-6-12-10(2)14-9-11-7-4-5-8-13(11)12/h3-5,7-9H,1,6H2,2H3. The largest absolute Gasteiger partial charge is 0.261 e. The van der Waals surface area contributed by atoms with Crippen LogP contribution in [0.3, 0.4) is 0 Å². The third-order valence-corrected chi connectivity index (χ3v) is 2.47. The number of aromatic nitrogens is 1. The molecule has 0 spiro atoms. The van der Waals surface area contributed by atoms with E-state index in [0.29, 0.717) is 0 Å². The molecule has 1 heteroatoms. The first-order valence-corrected chi connectivity index (χ1v) is 4.77. The second-order valence-corrected chi connectivity index (χ2v) is 3.40. The first-order chi connectivity index (χ1) is 6.83. The summed E-state index contributed by atoms with van der Waals surface area (Å²) in [7, 11) is 0. The van der Waals surface area contributed by atoms with Gasteiger partial charge in [-0.2, -0.15) is 0 Å². The quantitative estimate of drug-likeness (QED) is 0.651. The molecule has 0 atom stereocenters. The Balaban J connectivity index is 2.75. The number of benzene rings is 1. The molecule has 14 heavy (non-hydrogen) atoms. The number of hydrogen-bond donors (Lipinski definition) is 0. The van der Waals surface area contributed by atoms with E-state index in [-0.39, 0.29) is 0 Å². The zero-order chi connectivity index (χ0) is 9.97. The Morgan fingerprint density at radius 3 is 2.93 bits per heavy atom. The highest BCUT2D eigenvalue weighted by molar-refractivity contribution is 5.85. The van der Waals surface area contributed by atoms with Crippen molar-refractivity contribution in [2.75, 3.05) is 0 Å². The van der Waals surface area contributed by atoms with Crippen LogP contribution in [0.25, 0.3) is 10.8 Å². The van der Waals surface area contributed by atoms with Gasteiger partial charge in [0.05, 0.1) is 0 Å². The van der Waals surface area contributed by atoms with E-state index in [4.69, 9.17) is 0 Å². The van der Waals surface area contributed by atoms with Gasteiger partial charge in [0.1, 0.15) is 0 Å². The van der Waals surface area contributed by atoms with Crippen molar-refractivity contribution in [2.45, 2.75) is 13.3 Å². The Hall–Kier alpha value is -1.63. The van der Waals surface area contributed by atoms with Crippen molar-refractivity contribution >= 4 is 10.8 Å². The number of rotatable bonds is 2. The van der Waals surface area contributed by atoms with E-state index in [1.807, 2.05) is 25.3 Å². The van der Waals surface area contributed by atoms with Crippen LogP contribution >= 0.6 is 0 Å². The Kier molecular flexibility index (Phi) is 2.32. The molecular weight excluding hydrogens is 170 g/mol. The number of fused-ring (bicyclic) bond motifs is 1. The van der Waals surface area contributed by atoms with Gasteiger partial charge in [0.15, 0.2) is 0 Å². The summed E-state index contributed by atoms with van der Waals surface area (Å²) in [5.41, 5.74) is 2.39. The van der Waals surface area contributed by atoms with Crippen LogP contribution in [-0.2, 0) is 6.42 Å². The predicted octanol–water partition coefficient (Wildman–Crippen LogP) is 3.27. The molecule has 0 amide bonds. The predicted molar refractivity (Wildman–Crippen MR) is 60.4 cm³/mol. The van der Waals surface area contributed by atoms with E-state index in [2.05, 4.69) is 29.8 Å². The average Bonchev–Trinajstić information content (AvgIpc) is 2.23. The number of pyridine rings is 1. The molecule has 0 aliphatic heterocycles. The van der Waals surface area contributed by atoms with Gasteiger partial charge in [0.25, 0.3) is 0 Å². The highest BCUT2D eigenvalue weighted by atomic mass is 14.7. The number of allylic oxidation sites excluding steroid dienone is 1. The lowest BCUT2D eigenvalue weighted by Crippen LogP contribution is -1.92. The highest BCUT2D eigenvalue weighted by Gasteiger charge is 2.02. The van der Waals surface area contributed by atoms with Gasteiger partial charge in [-0.15, -0.1) is 6.58 Å². The van der Waals surface area contributed by atoms with Crippen LogP contribution in [-0.4, -0.2) is 4.98 Å². The summed E-state index contributed by atoms with van der Waals surface area (Å²) in [5.74, 6) is 0. The number of hydrogen-bond acceptors (Lipinski definition) is 1. The lowest BCUT2D eigenvalue weighted by atomic mass is 10.0. The fourth-order valence-corrected chi connectivity index (χ4v) is 1.73. The third-order valence-electron chi connectivity index (χ3n) is 2.47. The fraction of sp³-hybridized carbons (Fsp3) is 0.154. The second kappa shape index (κ2) is 3.62. The summed E-state index contributed by atoms with van der Waals surface area (Å²) in [6.07, 6.45) is 4.74. The summed E-state index contributed by atoms with van der Waals surface area (Å²) < 4.78 is 0. The number of aryl methyl sites for hydroxylation is 1. The zero-order valence-corrected chi connectivity index (χ0v) is 8.33. The van der Waals surface area contributed by atoms with Crippen LogP contribution in [0, 0.1) is 6.92 Å². The summed E-state index contributed by atoms with van der Waals surface area (Å²) in [6, 6.07) is 8.34. The summed E-state index contributed by atoms with van der Waals surface area (Å²) in [5, 5.41) is 2.50. The molecule has 0 N–H and O–H groups in total. The van der Waals surface area contributed by atoms with Gasteiger partial charge in [-0.25, -0.2) is 0 Å². The minimum atomic E-state index is 0.889. The molecule has 2 aromatic rings. The first kappa shape index (κ1) is 8.95. The van der Waals surface area contributed by atoms with Crippen LogP contribution in [0.4, 0.5) is 0 Å². The second-order valence-electron chi connectivity index (χ2n) is 3.40. The van der Waals surface area contributed by atoms with Crippen LogP contribution < -0.4 is 0 Å². The van der Waals surface area contributed by atoms with E-state index >= 15 is 0 Å². The van der Waals surface area contributed by atoms with Crippen molar-refractivity contribution in [1.82, 2.24) is 4.98 Å². The molecule has 1 aromatic carbocycles. The van der Waals surface area contributed by atoms with Crippen molar-refractivity contribution in [3.8, 4) is 0 Å². The van der Waals surface area contributed by atoms with Crippen molar-refractivity contribution in [3.63, 3.8) is 0 Å². The fourth-order valence-electron chi connectivity index (χ4n) is 1.73. The molecule has 2 rings (SSSR count). The molecule has 0 saturated carbocycles. The van der Waals surface area contributed by atoms with E-state index in [1.54, 1.807) is 0 Å². The minimum Gasteiger partial charge on any atom is -0.261 e. The molecule has 1 heterocycles. The normalized spacial score (nSPS) is 10.4. The minimum absolute atomic E-state index is 0.889. The molecule has 1 nitrogen and oxygen atoms in total. The Labute approximate surface area is 84.1 Å². The van der Waals surface area contributed by atoms with Crippen molar-refractivity contribution in [3.05, 3.63) is 54.4 Å². The molecule has 0 unspecified atom stereocenters. The van der Waals surface area contributed by atoms with Gasteiger partial charge in [0, 0.05) is 17.3 Å². The van der Waals surface area contributed by atoms with Crippen molar-refractivity contribution in [2.24, 2.45) is 0 Å². The van der Waals surface area contributed by atoms with Gasteiger partial charge in [-0.3, -0.25) is 4.98 Å². The Bertz CT molecular complexity index is 472. The topological polar surface area (TPSA) is 12.9 Å². The van der Waals surface area contributed by atoms with E-state index in [9.17, 15) is 0 Å².